The second kappa shape index (κ2) is 2.44. The van der Waals surface area contributed by atoms with Crippen LogP contribution in [0.2, 0.25) is 0 Å². The third-order valence-corrected chi connectivity index (χ3v) is 1.05. The molecule has 8 heavy (non-hydrogen) atoms. The molecule has 0 spiro atoms. The number of aliphatic hydroxyl groups is 1. The van der Waals surface area contributed by atoms with Gasteiger partial charge in [-0.25, -0.2) is 0 Å². The Morgan fingerprint density at radius 3 is 2.88 bits per heavy atom. The highest BCUT2D eigenvalue weighted by Gasteiger charge is 2.38. The molecule has 0 aromatic rings. The van der Waals surface area contributed by atoms with Gasteiger partial charge < -0.3 is 14.6 Å². The third kappa shape index (κ3) is 1.18. The molecule has 3 heteroatoms. The highest BCUT2D eigenvalue weighted by atomic mass is 16.8. The maximum atomic E-state index is 8.40. The van der Waals surface area contributed by atoms with Crippen LogP contribution in [0.1, 0.15) is 6.92 Å². The largest absolute Gasteiger partial charge is 0.393 e. The molecule has 0 bridgehead atoms. The number of rotatable bonds is 3. The van der Waals surface area contributed by atoms with E-state index in [-0.39, 0.29) is 19.0 Å². The van der Waals surface area contributed by atoms with E-state index in [0.29, 0.717) is 6.61 Å². The molecule has 1 heterocycles. The molecule has 1 N–H and O–H groups in total. The predicted molar refractivity (Wildman–Crippen MR) is 27.4 cm³/mol. The van der Waals surface area contributed by atoms with Gasteiger partial charge in [-0.05, 0) is 6.92 Å². The van der Waals surface area contributed by atoms with Gasteiger partial charge in [-0.2, -0.15) is 0 Å². The fourth-order valence-corrected chi connectivity index (χ4v) is 0.567. The summed E-state index contributed by atoms with van der Waals surface area (Å²) in [6.07, 6.45) is -0.167. The van der Waals surface area contributed by atoms with E-state index in [4.69, 9.17) is 14.6 Å². The molecule has 1 fully saturated rings. The van der Waals surface area contributed by atoms with Crippen molar-refractivity contribution >= 4 is 0 Å². The summed E-state index contributed by atoms with van der Waals surface area (Å²) in [7, 11) is 0. The number of aliphatic hydroxyl groups excluding tert-OH is 1. The Kier molecular flexibility index (Phi) is 1.83. The van der Waals surface area contributed by atoms with Gasteiger partial charge >= 0.3 is 0 Å². The van der Waals surface area contributed by atoms with Crippen LogP contribution < -0.4 is 0 Å². The quantitative estimate of drug-likeness (QED) is 0.519. The summed E-state index contributed by atoms with van der Waals surface area (Å²) in [5.41, 5.74) is 0. The average molecular weight is 118 g/mol. The normalized spacial score (nSPS) is 35.2. The second-order valence-corrected chi connectivity index (χ2v) is 1.68. The number of hydrogen-bond acceptors (Lipinski definition) is 3. The van der Waals surface area contributed by atoms with E-state index in [1.807, 2.05) is 6.92 Å². The van der Waals surface area contributed by atoms with E-state index in [1.54, 1.807) is 0 Å². The fourth-order valence-electron chi connectivity index (χ4n) is 0.567. The monoisotopic (exact) mass is 118 g/mol. The average Bonchev–Trinajstić information content (AvgIpc) is 2.48. The molecular weight excluding hydrogens is 108 g/mol. The Hall–Kier alpha value is -0.120. The van der Waals surface area contributed by atoms with Gasteiger partial charge in [0.2, 0.25) is 0 Å². The lowest BCUT2D eigenvalue weighted by atomic mass is 10.5. The maximum Gasteiger partial charge on any atom is 0.186 e. The van der Waals surface area contributed by atoms with Crippen molar-refractivity contribution < 1.29 is 14.6 Å². The molecular formula is C5H10O3. The van der Waals surface area contributed by atoms with Crippen LogP contribution in [0.25, 0.3) is 0 Å². The van der Waals surface area contributed by atoms with Gasteiger partial charge in [0.15, 0.2) is 6.29 Å². The maximum absolute atomic E-state index is 8.40. The zero-order chi connectivity index (χ0) is 5.98. The van der Waals surface area contributed by atoms with Gasteiger partial charge in [-0.15, -0.1) is 0 Å². The van der Waals surface area contributed by atoms with Gasteiger partial charge in [0.25, 0.3) is 0 Å². The minimum absolute atomic E-state index is 0.0463. The van der Waals surface area contributed by atoms with E-state index in [0.717, 1.165) is 0 Å². The molecule has 0 aromatic heterocycles. The zero-order valence-electron chi connectivity index (χ0n) is 4.83. The predicted octanol–water partition coefficient (Wildman–Crippen LogP) is -0.260. The van der Waals surface area contributed by atoms with Crippen molar-refractivity contribution in [2.24, 2.45) is 0 Å². The highest BCUT2D eigenvalue weighted by Crippen LogP contribution is 2.21. The van der Waals surface area contributed by atoms with Gasteiger partial charge in [0.1, 0.15) is 6.10 Å². The fraction of sp³-hybridized carbons (Fsp3) is 1.00. The Bertz CT molecular complexity index is 74.1. The van der Waals surface area contributed by atoms with Crippen LogP contribution >= 0.6 is 0 Å². The molecule has 1 rings (SSSR count). The summed E-state index contributed by atoms with van der Waals surface area (Å²) in [6.45, 7) is 2.63. The standard InChI is InChI=1S/C5H10O3/c1-2-7-5-4(3-6)8-5/h4-6H,2-3H2,1H3. The van der Waals surface area contributed by atoms with E-state index < -0.39 is 0 Å². The number of ether oxygens (including phenoxy) is 2. The third-order valence-electron chi connectivity index (χ3n) is 1.05. The Morgan fingerprint density at radius 2 is 2.50 bits per heavy atom. The molecule has 0 amide bonds. The smallest absolute Gasteiger partial charge is 0.186 e. The molecule has 3 nitrogen and oxygen atoms in total. The minimum atomic E-state index is -0.120. The Morgan fingerprint density at radius 1 is 1.75 bits per heavy atom. The lowest BCUT2D eigenvalue weighted by Gasteiger charge is -1.89. The Balaban J connectivity index is 1.99. The van der Waals surface area contributed by atoms with Crippen molar-refractivity contribution in [3.05, 3.63) is 0 Å². The number of epoxide rings is 1. The van der Waals surface area contributed by atoms with Crippen LogP contribution in [0.15, 0.2) is 0 Å². The highest BCUT2D eigenvalue weighted by molar-refractivity contribution is 4.74. The first kappa shape index (κ1) is 6.01. The molecule has 2 unspecified atom stereocenters. The van der Waals surface area contributed by atoms with Crippen LogP contribution in [0.5, 0.6) is 0 Å². The van der Waals surface area contributed by atoms with Crippen LogP contribution in [0, 0.1) is 0 Å². The summed E-state index contributed by atoms with van der Waals surface area (Å²) in [6, 6.07) is 0. The summed E-state index contributed by atoms with van der Waals surface area (Å²) < 4.78 is 9.81. The first-order chi connectivity index (χ1) is 3.88. The molecule has 0 radical (unpaired) electrons. The second-order valence-electron chi connectivity index (χ2n) is 1.68. The summed E-state index contributed by atoms with van der Waals surface area (Å²) >= 11 is 0. The molecule has 48 valence electrons. The van der Waals surface area contributed by atoms with E-state index in [2.05, 4.69) is 0 Å². The molecule has 1 aliphatic rings. The van der Waals surface area contributed by atoms with Gasteiger partial charge in [-0.3, -0.25) is 0 Å². The lowest BCUT2D eigenvalue weighted by molar-refractivity contribution is 0.0592. The molecule has 0 aliphatic carbocycles. The van der Waals surface area contributed by atoms with Crippen LogP contribution in [0.4, 0.5) is 0 Å². The van der Waals surface area contributed by atoms with Crippen LogP contribution in [-0.4, -0.2) is 30.7 Å². The van der Waals surface area contributed by atoms with Gasteiger partial charge in [0.05, 0.1) is 6.61 Å². The topological polar surface area (TPSA) is 42.0 Å². The molecule has 2 atom stereocenters. The van der Waals surface area contributed by atoms with Crippen LogP contribution in [0.3, 0.4) is 0 Å². The minimum Gasteiger partial charge on any atom is -0.393 e. The first-order valence-electron chi connectivity index (χ1n) is 2.76. The van der Waals surface area contributed by atoms with Crippen molar-refractivity contribution in [3.63, 3.8) is 0 Å². The van der Waals surface area contributed by atoms with E-state index >= 15 is 0 Å². The number of hydrogen-bond donors (Lipinski definition) is 1. The molecule has 1 saturated heterocycles. The van der Waals surface area contributed by atoms with Crippen LogP contribution in [-0.2, 0) is 9.47 Å². The summed E-state index contributed by atoms with van der Waals surface area (Å²) in [5.74, 6) is 0. The molecule has 0 saturated carbocycles. The summed E-state index contributed by atoms with van der Waals surface area (Å²) in [5, 5.41) is 8.40. The summed E-state index contributed by atoms with van der Waals surface area (Å²) in [4.78, 5) is 0. The van der Waals surface area contributed by atoms with Crippen molar-refractivity contribution in [1.29, 1.82) is 0 Å². The van der Waals surface area contributed by atoms with E-state index in [9.17, 15) is 0 Å². The van der Waals surface area contributed by atoms with Gasteiger partial charge in [0, 0.05) is 6.61 Å². The zero-order valence-corrected chi connectivity index (χ0v) is 4.83. The Labute approximate surface area is 48.2 Å². The molecule has 0 aromatic carbocycles. The van der Waals surface area contributed by atoms with Gasteiger partial charge in [-0.1, -0.05) is 0 Å². The van der Waals surface area contributed by atoms with Crippen molar-refractivity contribution in [3.8, 4) is 0 Å². The van der Waals surface area contributed by atoms with Crippen molar-refractivity contribution in [2.75, 3.05) is 13.2 Å². The SMILES string of the molecule is CCOC1OC1CO. The van der Waals surface area contributed by atoms with E-state index in [1.165, 1.54) is 0 Å². The first-order valence-corrected chi connectivity index (χ1v) is 2.76. The molecule has 1 aliphatic heterocycles. The van der Waals surface area contributed by atoms with Crippen molar-refractivity contribution in [2.45, 2.75) is 19.3 Å². The lowest BCUT2D eigenvalue weighted by Crippen LogP contribution is -2.02. The van der Waals surface area contributed by atoms with Crippen molar-refractivity contribution in [1.82, 2.24) is 0 Å².